The molecule has 0 aromatic carbocycles. The SMILES string of the molecule is COC(C)(C)C(=O)N[C@@H](CCCCNC(=O)OC(C)(C)C)C(=O)CSc1cc(C)nc(C)c1. The van der Waals surface area contributed by atoms with Crippen molar-refractivity contribution >= 4 is 29.5 Å². The van der Waals surface area contributed by atoms with Gasteiger partial charge in [0, 0.05) is 29.9 Å². The van der Waals surface area contributed by atoms with Gasteiger partial charge in [-0.15, -0.1) is 11.8 Å². The molecule has 0 aliphatic heterocycles. The van der Waals surface area contributed by atoms with Crippen molar-refractivity contribution in [3.05, 3.63) is 23.5 Å². The average molecular weight is 482 g/mol. The Labute approximate surface area is 202 Å². The number of rotatable bonds is 12. The number of nitrogens with zero attached hydrogens (tertiary/aromatic N) is 1. The van der Waals surface area contributed by atoms with Gasteiger partial charge in [0.2, 0.25) is 0 Å². The van der Waals surface area contributed by atoms with Gasteiger partial charge in [0.15, 0.2) is 5.78 Å². The molecule has 1 rings (SSSR count). The Kier molecular flexibility index (Phi) is 11.3. The number of ketones is 1. The molecule has 0 radical (unpaired) electrons. The number of nitrogens with one attached hydrogen (secondary N) is 2. The van der Waals surface area contributed by atoms with E-state index < -0.39 is 23.3 Å². The Morgan fingerprint density at radius 3 is 2.21 bits per heavy atom. The second kappa shape index (κ2) is 12.9. The molecule has 0 saturated carbocycles. The Morgan fingerprint density at radius 1 is 1.06 bits per heavy atom. The molecule has 2 amide bonds. The Morgan fingerprint density at radius 2 is 1.67 bits per heavy atom. The van der Waals surface area contributed by atoms with Gasteiger partial charge >= 0.3 is 6.09 Å². The van der Waals surface area contributed by atoms with Crippen LogP contribution in [0.5, 0.6) is 0 Å². The summed E-state index contributed by atoms with van der Waals surface area (Å²) < 4.78 is 10.5. The van der Waals surface area contributed by atoms with Crippen LogP contribution in [0.1, 0.15) is 65.3 Å². The second-order valence-corrected chi connectivity index (χ2v) is 10.6. The van der Waals surface area contributed by atoms with Gasteiger partial charge in [-0.25, -0.2) is 4.79 Å². The standard InChI is InChI=1S/C24H39N3O5S/c1-16-13-18(14-17(2)26-16)33-15-20(28)19(27-21(29)24(6,7)31-8)11-9-10-12-25-22(30)32-23(3,4)5/h13-14,19H,9-12,15H2,1-8H3,(H,25,30)(H,27,29)/t19-/m0/s1. The van der Waals surface area contributed by atoms with Crippen LogP contribution in [0.3, 0.4) is 0 Å². The molecule has 8 nitrogen and oxygen atoms in total. The normalized spacial score (nSPS) is 12.7. The van der Waals surface area contributed by atoms with E-state index in [1.807, 2.05) is 26.0 Å². The van der Waals surface area contributed by atoms with Crippen molar-refractivity contribution in [3.63, 3.8) is 0 Å². The summed E-state index contributed by atoms with van der Waals surface area (Å²) >= 11 is 1.43. The highest BCUT2D eigenvalue weighted by Gasteiger charge is 2.31. The molecular weight excluding hydrogens is 442 g/mol. The summed E-state index contributed by atoms with van der Waals surface area (Å²) in [7, 11) is 1.46. The summed E-state index contributed by atoms with van der Waals surface area (Å²) in [6, 6.07) is 3.24. The van der Waals surface area contributed by atoms with E-state index in [2.05, 4.69) is 15.6 Å². The first-order chi connectivity index (χ1) is 15.2. The summed E-state index contributed by atoms with van der Waals surface area (Å²) in [4.78, 5) is 42.7. The number of alkyl carbamates (subject to hydrolysis) is 1. The van der Waals surface area contributed by atoms with Gasteiger partial charge in [0.05, 0.1) is 11.8 Å². The summed E-state index contributed by atoms with van der Waals surface area (Å²) in [5.41, 5.74) is 0.204. The maximum atomic E-state index is 13.0. The predicted octanol–water partition coefficient (Wildman–Crippen LogP) is 3.96. The molecular formula is C24H39N3O5S. The molecule has 33 heavy (non-hydrogen) atoms. The molecule has 0 unspecified atom stereocenters. The van der Waals surface area contributed by atoms with E-state index in [0.717, 1.165) is 16.3 Å². The van der Waals surface area contributed by atoms with Crippen LogP contribution < -0.4 is 10.6 Å². The molecule has 1 aromatic rings. The third-order valence-corrected chi connectivity index (χ3v) is 5.77. The zero-order valence-electron chi connectivity index (χ0n) is 21.2. The average Bonchev–Trinajstić information content (AvgIpc) is 2.68. The number of pyridine rings is 1. The number of methoxy groups -OCH3 is 1. The number of carbonyl (C=O) groups is 3. The van der Waals surface area contributed by atoms with Crippen LogP contribution >= 0.6 is 11.8 Å². The minimum Gasteiger partial charge on any atom is -0.444 e. The van der Waals surface area contributed by atoms with Crippen LogP contribution in [-0.2, 0) is 19.1 Å². The molecule has 0 fully saturated rings. The lowest BCUT2D eigenvalue weighted by Crippen LogP contribution is -2.50. The summed E-state index contributed by atoms with van der Waals surface area (Å²) in [5.74, 6) is -0.166. The van der Waals surface area contributed by atoms with Gasteiger partial charge in [-0.1, -0.05) is 0 Å². The van der Waals surface area contributed by atoms with Crippen LogP contribution in [0.2, 0.25) is 0 Å². The minimum absolute atomic E-state index is 0.0625. The van der Waals surface area contributed by atoms with E-state index in [4.69, 9.17) is 9.47 Å². The van der Waals surface area contributed by atoms with E-state index in [-0.39, 0.29) is 17.4 Å². The quantitative estimate of drug-likeness (QED) is 0.344. The first-order valence-corrected chi connectivity index (χ1v) is 12.2. The van der Waals surface area contributed by atoms with Crippen molar-refractivity contribution in [1.29, 1.82) is 0 Å². The second-order valence-electron chi connectivity index (χ2n) is 9.51. The molecule has 9 heteroatoms. The number of ether oxygens (including phenoxy) is 2. The van der Waals surface area contributed by atoms with Crippen LogP contribution in [-0.4, -0.2) is 59.4 Å². The highest BCUT2D eigenvalue weighted by Crippen LogP contribution is 2.21. The van der Waals surface area contributed by atoms with Crippen molar-refractivity contribution in [1.82, 2.24) is 15.6 Å². The van der Waals surface area contributed by atoms with Crippen molar-refractivity contribution in [3.8, 4) is 0 Å². The van der Waals surface area contributed by atoms with Gasteiger partial charge in [0.1, 0.15) is 11.2 Å². The maximum Gasteiger partial charge on any atom is 0.407 e. The summed E-state index contributed by atoms with van der Waals surface area (Å²) in [5, 5.41) is 5.56. The van der Waals surface area contributed by atoms with Crippen LogP contribution in [0.4, 0.5) is 4.79 Å². The number of hydrogen-bond donors (Lipinski definition) is 2. The number of amides is 2. The Hall–Kier alpha value is -2.13. The monoisotopic (exact) mass is 481 g/mol. The summed E-state index contributed by atoms with van der Waals surface area (Å²) in [6.07, 6.45) is 1.31. The van der Waals surface area contributed by atoms with Gasteiger partial charge in [-0.3, -0.25) is 14.6 Å². The van der Waals surface area contributed by atoms with Crippen LogP contribution in [0, 0.1) is 13.8 Å². The fourth-order valence-corrected chi connectivity index (χ4v) is 3.87. The predicted molar refractivity (Wildman–Crippen MR) is 131 cm³/mol. The molecule has 186 valence electrons. The van der Waals surface area contributed by atoms with Crippen molar-refractivity contribution < 1.29 is 23.9 Å². The van der Waals surface area contributed by atoms with Crippen LogP contribution in [0.25, 0.3) is 0 Å². The number of Topliss-reactive ketones (excluding diaryl/α,β-unsaturated/α-hetero) is 1. The fourth-order valence-electron chi connectivity index (χ4n) is 2.85. The molecule has 0 saturated heterocycles. The summed E-state index contributed by atoms with van der Waals surface area (Å²) in [6.45, 7) is 13.0. The van der Waals surface area contributed by atoms with Gasteiger partial charge < -0.3 is 20.1 Å². The largest absolute Gasteiger partial charge is 0.444 e. The number of hydrogen-bond acceptors (Lipinski definition) is 7. The van der Waals surface area contributed by atoms with Gasteiger partial charge in [-0.05, 0) is 79.9 Å². The van der Waals surface area contributed by atoms with Crippen LogP contribution in [0.15, 0.2) is 17.0 Å². The molecule has 0 bridgehead atoms. The van der Waals surface area contributed by atoms with Gasteiger partial charge in [0.25, 0.3) is 5.91 Å². The zero-order valence-corrected chi connectivity index (χ0v) is 22.0. The first-order valence-electron chi connectivity index (χ1n) is 11.2. The van der Waals surface area contributed by atoms with E-state index in [1.54, 1.807) is 34.6 Å². The first kappa shape index (κ1) is 28.9. The smallest absolute Gasteiger partial charge is 0.407 e. The third kappa shape index (κ3) is 11.5. The fraction of sp³-hybridized carbons (Fsp3) is 0.667. The van der Waals surface area contributed by atoms with E-state index in [0.29, 0.717) is 25.8 Å². The van der Waals surface area contributed by atoms with Crippen molar-refractivity contribution in [2.75, 3.05) is 19.4 Å². The Balaban J connectivity index is 2.67. The molecule has 1 atom stereocenters. The lowest BCUT2D eigenvalue weighted by Gasteiger charge is -2.26. The number of aromatic nitrogens is 1. The van der Waals surface area contributed by atoms with Gasteiger partial charge in [-0.2, -0.15) is 0 Å². The molecule has 1 heterocycles. The lowest BCUT2D eigenvalue weighted by atomic mass is 10.0. The Bertz CT molecular complexity index is 801. The highest BCUT2D eigenvalue weighted by atomic mass is 32.2. The maximum absolute atomic E-state index is 13.0. The van der Waals surface area contributed by atoms with E-state index >= 15 is 0 Å². The zero-order chi connectivity index (χ0) is 25.2. The minimum atomic E-state index is -1.04. The molecule has 0 aliphatic rings. The van der Waals surface area contributed by atoms with Crippen molar-refractivity contribution in [2.45, 2.75) is 89.9 Å². The molecule has 0 spiro atoms. The van der Waals surface area contributed by atoms with E-state index in [1.165, 1.54) is 18.9 Å². The van der Waals surface area contributed by atoms with Crippen molar-refractivity contribution in [2.24, 2.45) is 0 Å². The highest BCUT2D eigenvalue weighted by molar-refractivity contribution is 8.00. The number of unbranched alkanes of at least 4 members (excludes halogenated alkanes) is 1. The molecule has 1 aromatic heterocycles. The molecule has 0 aliphatic carbocycles. The number of carbonyl (C=O) groups excluding carboxylic acids is 3. The number of aryl methyl sites for hydroxylation is 2. The number of thioether (sulfide) groups is 1. The third-order valence-electron chi connectivity index (χ3n) is 4.78. The molecule has 2 N–H and O–H groups in total. The topological polar surface area (TPSA) is 107 Å². The van der Waals surface area contributed by atoms with E-state index in [9.17, 15) is 14.4 Å². The lowest BCUT2D eigenvalue weighted by molar-refractivity contribution is -0.141.